The van der Waals surface area contributed by atoms with Crippen LogP contribution in [0.4, 0.5) is 33.5 Å². The van der Waals surface area contributed by atoms with Gasteiger partial charge in [-0.25, -0.2) is 4.98 Å². The number of benzene rings is 1. The van der Waals surface area contributed by atoms with Crippen LogP contribution in [-0.2, 0) is 5.92 Å². The zero-order chi connectivity index (χ0) is 25.1. The lowest BCUT2D eigenvalue weighted by molar-refractivity contribution is -0.289. The molecule has 0 aliphatic carbocycles. The summed E-state index contributed by atoms with van der Waals surface area (Å²) in [5.41, 5.74) is -0.00941. The minimum atomic E-state index is -5.71. The summed E-state index contributed by atoms with van der Waals surface area (Å²) in [5, 5.41) is 5.85. The minimum Gasteiger partial charge on any atom is -0.350 e. The summed E-state index contributed by atoms with van der Waals surface area (Å²) in [6, 6.07) is 10.1. The van der Waals surface area contributed by atoms with Crippen LogP contribution in [0.15, 0.2) is 67.1 Å². The van der Waals surface area contributed by atoms with Crippen LogP contribution in [0.2, 0.25) is 0 Å². The lowest BCUT2D eigenvalue weighted by Crippen LogP contribution is -2.33. The summed E-state index contributed by atoms with van der Waals surface area (Å²) in [6.45, 7) is 1.73. The van der Waals surface area contributed by atoms with Crippen molar-refractivity contribution in [2.45, 2.75) is 31.1 Å². The summed E-state index contributed by atoms with van der Waals surface area (Å²) in [7, 11) is 0. The normalized spacial score (nSPS) is 15.6. The number of nitrogens with one attached hydrogen (secondary N) is 2. The first-order valence-electron chi connectivity index (χ1n) is 10.9. The molecule has 1 aliphatic heterocycles. The Morgan fingerprint density at radius 3 is 2.20 bits per heavy atom. The van der Waals surface area contributed by atoms with Crippen molar-refractivity contribution >= 4 is 17.4 Å². The molecule has 3 heterocycles. The lowest BCUT2D eigenvalue weighted by atomic mass is 10.1. The van der Waals surface area contributed by atoms with Gasteiger partial charge in [0.2, 0.25) is 0 Å². The van der Waals surface area contributed by atoms with Crippen molar-refractivity contribution in [3.63, 3.8) is 0 Å². The third-order valence-corrected chi connectivity index (χ3v) is 5.71. The number of carbonyl (C=O) groups excluding carboxylic acids is 1. The molecule has 1 aliphatic rings. The second-order valence-corrected chi connectivity index (χ2v) is 8.07. The molecule has 184 valence electrons. The molecule has 1 atom stereocenters. The van der Waals surface area contributed by atoms with Gasteiger partial charge in [-0.05, 0) is 54.8 Å². The van der Waals surface area contributed by atoms with E-state index in [4.69, 9.17) is 0 Å². The highest BCUT2D eigenvalue weighted by molar-refractivity contribution is 6.07. The van der Waals surface area contributed by atoms with Gasteiger partial charge in [-0.15, -0.1) is 0 Å². The highest BCUT2D eigenvalue weighted by Gasteiger charge is 2.58. The van der Waals surface area contributed by atoms with Crippen LogP contribution in [0.1, 0.15) is 40.5 Å². The summed E-state index contributed by atoms with van der Waals surface area (Å²) < 4.78 is 64.8. The van der Waals surface area contributed by atoms with E-state index in [2.05, 4.69) is 25.5 Å². The number of aromatic nitrogens is 2. The SMILES string of the molecule is O=C(Nc1ccc(C(F)(F)C(F)(F)F)cc1)c1cccnc1NC(c1ccncc1)N1CCCC1. The largest absolute Gasteiger partial charge is 0.458 e. The predicted octanol–water partition coefficient (Wildman–Crippen LogP) is 5.59. The average molecular weight is 491 g/mol. The van der Waals surface area contributed by atoms with Gasteiger partial charge in [0.15, 0.2) is 0 Å². The standard InChI is InChI=1S/C24H22F5N5O/c25-23(26,24(27,28)29)17-5-7-18(8-6-17)32-22(35)19-4-3-11-31-20(19)33-21(34-14-1-2-15-34)16-9-12-30-13-10-16/h3-13,21H,1-2,14-15H2,(H,31,33)(H,32,35). The number of alkyl halides is 5. The monoisotopic (exact) mass is 491 g/mol. The molecule has 2 N–H and O–H groups in total. The Bertz CT molecular complexity index is 1150. The highest BCUT2D eigenvalue weighted by Crippen LogP contribution is 2.44. The van der Waals surface area contributed by atoms with Gasteiger partial charge in [0, 0.05) is 42.9 Å². The fourth-order valence-corrected chi connectivity index (χ4v) is 3.89. The summed E-state index contributed by atoms with van der Waals surface area (Å²) in [6.07, 6.45) is 1.00. The molecule has 1 aromatic carbocycles. The molecule has 4 rings (SSSR count). The Morgan fingerprint density at radius 1 is 0.914 bits per heavy atom. The smallest absolute Gasteiger partial charge is 0.350 e. The van der Waals surface area contributed by atoms with Gasteiger partial charge < -0.3 is 10.6 Å². The first-order chi connectivity index (χ1) is 16.7. The van der Waals surface area contributed by atoms with Crippen molar-refractivity contribution in [3.8, 4) is 0 Å². The van der Waals surface area contributed by atoms with Crippen molar-refractivity contribution in [2.75, 3.05) is 23.7 Å². The summed E-state index contributed by atoms with van der Waals surface area (Å²) in [5.74, 6) is -5.28. The highest BCUT2D eigenvalue weighted by atomic mass is 19.4. The van der Waals surface area contributed by atoms with Crippen molar-refractivity contribution in [2.24, 2.45) is 0 Å². The molecule has 3 aromatic rings. The maximum Gasteiger partial charge on any atom is 0.458 e. The number of halogens is 5. The molecule has 6 nitrogen and oxygen atoms in total. The number of amides is 1. The van der Waals surface area contributed by atoms with Gasteiger partial charge in [0.25, 0.3) is 5.91 Å². The number of pyridine rings is 2. The van der Waals surface area contributed by atoms with Crippen LogP contribution in [0.25, 0.3) is 0 Å². The zero-order valence-electron chi connectivity index (χ0n) is 18.4. The quantitative estimate of drug-likeness (QED) is 0.422. The van der Waals surface area contributed by atoms with E-state index < -0.39 is 23.6 Å². The molecule has 0 saturated carbocycles. The molecule has 11 heteroatoms. The fraction of sp³-hybridized carbons (Fsp3) is 0.292. The second kappa shape index (κ2) is 9.95. The Hall–Kier alpha value is -3.60. The molecule has 0 radical (unpaired) electrons. The summed E-state index contributed by atoms with van der Waals surface area (Å²) in [4.78, 5) is 23.6. The average Bonchev–Trinajstić information content (AvgIpc) is 3.37. The molecular formula is C24H22F5N5O. The number of hydrogen-bond donors (Lipinski definition) is 2. The molecule has 1 fully saturated rings. The van der Waals surface area contributed by atoms with E-state index in [1.165, 1.54) is 6.20 Å². The van der Waals surface area contributed by atoms with Crippen molar-refractivity contribution in [1.82, 2.24) is 14.9 Å². The Labute approximate surface area is 198 Å². The van der Waals surface area contributed by atoms with Crippen LogP contribution in [0, 0.1) is 0 Å². The number of likely N-dealkylation sites (tertiary alicyclic amines) is 1. The Kier molecular flexibility index (Phi) is 6.97. The van der Waals surface area contributed by atoms with Crippen molar-refractivity contribution in [3.05, 3.63) is 83.8 Å². The Morgan fingerprint density at radius 2 is 1.57 bits per heavy atom. The second-order valence-electron chi connectivity index (χ2n) is 8.07. The van der Waals surface area contributed by atoms with Gasteiger partial charge in [-0.1, -0.05) is 12.1 Å². The van der Waals surface area contributed by atoms with Gasteiger partial charge in [-0.3, -0.25) is 14.7 Å². The van der Waals surface area contributed by atoms with E-state index in [1.54, 1.807) is 24.5 Å². The lowest BCUT2D eigenvalue weighted by Gasteiger charge is -2.29. The van der Waals surface area contributed by atoms with Gasteiger partial charge >= 0.3 is 12.1 Å². The third-order valence-electron chi connectivity index (χ3n) is 5.71. The third kappa shape index (κ3) is 5.40. The molecule has 1 saturated heterocycles. The topological polar surface area (TPSA) is 70.1 Å². The first-order valence-corrected chi connectivity index (χ1v) is 10.9. The zero-order valence-corrected chi connectivity index (χ0v) is 18.4. The predicted molar refractivity (Wildman–Crippen MR) is 120 cm³/mol. The van der Waals surface area contributed by atoms with Crippen LogP contribution in [0.3, 0.4) is 0 Å². The minimum absolute atomic E-state index is 0.0664. The van der Waals surface area contributed by atoms with Crippen LogP contribution in [0.5, 0.6) is 0 Å². The molecule has 35 heavy (non-hydrogen) atoms. The van der Waals surface area contributed by atoms with Crippen molar-refractivity contribution < 1.29 is 26.7 Å². The number of carbonyl (C=O) groups is 1. The number of anilines is 2. The molecule has 0 bridgehead atoms. The maximum atomic E-state index is 13.5. The van der Waals surface area contributed by atoms with Gasteiger partial charge in [0.05, 0.1) is 5.56 Å². The summed E-state index contributed by atoms with van der Waals surface area (Å²) >= 11 is 0. The van der Waals surface area contributed by atoms with Gasteiger partial charge in [0.1, 0.15) is 12.0 Å². The molecule has 1 amide bonds. The number of hydrogen-bond acceptors (Lipinski definition) is 5. The van der Waals surface area contributed by atoms with E-state index in [1.807, 2.05) is 12.1 Å². The molecule has 2 aromatic heterocycles. The first kappa shape index (κ1) is 24.5. The van der Waals surface area contributed by atoms with E-state index in [-0.39, 0.29) is 17.4 Å². The fourth-order valence-electron chi connectivity index (χ4n) is 3.89. The number of nitrogens with zero attached hydrogens (tertiary/aromatic N) is 3. The maximum absolute atomic E-state index is 13.5. The van der Waals surface area contributed by atoms with E-state index >= 15 is 0 Å². The van der Waals surface area contributed by atoms with Crippen molar-refractivity contribution in [1.29, 1.82) is 0 Å². The Balaban J connectivity index is 1.54. The van der Waals surface area contributed by atoms with E-state index in [0.717, 1.165) is 43.6 Å². The number of rotatable bonds is 7. The van der Waals surface area contributed by atoms with Crippen LogP contribution < -0.4 is 10.6 Å². The van der Waals surface area contributed by atoms with Gasteiger partial charge in [-0.2, -0.15) is 22.0 Å². The molecule has 1 unspecified atom stereocenters. The molecular weight excluding hydrogens is 469 g/mol. The molecule has 0 spiro atoms. The van der Waals surface area contributed by atoms with Crippen LogP contribution >= 0.6 is 0 Å². The van der Waals surface area contributed by atoms with E-state index in [9.17, 15) is 26.7 Å². The van der Waals surface area contributed by atoms with Crippen LogP contribution in [-0.4, -0.2) is 40.0 Å². The van der Waals surface area contributed by atoms with E-state index in [0.29, 0.717) is 18.0 Å².